The number of rotatable bonds is 6. The Morgan fingerprint density at radius 1 is 0.958 bits per heavy atom. The van der Waals surface area contributed by atoms with Gasteiger partial charge in [0.25, 0.3) is 0 Å². The lowest BCUT2D eigenvalue weighted by atomic mass is 9.96. The third kappa shape index (κ3) is 6.81. The molecule has 0 aliphatic rings. The van der Waals surface area contributed by atoms with E-state index < -0.39 is 5.41 Å². The minimum Gasteiger partial charge on any atom is -0.355 e. The minimum absolute atomic E-state index is 0.0543. The number of hydrogen-bond donors (Lipinski definition) is 3. The first kappa shape index (κ1) is 19.7. The van der Waals surface area contributed by atoms with Crippen LogP contribution in [0.25, 0.3) is 0 Å². The van der Waals surface area contributed by atoms with Crippen molar-refractivity contribution in [2.45, 2.75) is 41.0 Å². The molecule has 0 aliphatic carbocycles. The predicted molar refractivity (Wildman–Crippen MR) is 95.6 cm³/mol. The summed E-state index contributed by atoms with van der Waals surface area (Å²) in [6, 6.07) is 6.91. The molecule has 0 aliphatic heterocycles. The van der Waals surface area contributed by atoms with Crippen LogP contribution in [0, 0.1) is 11.3 Å². The summed E-state index contributed by atoms with van der Waals surface area (Å²) in [7, 11) is 0. The van der Waals surface area contributed by atoms with Crippen LogP contribution in [0.1, 0.15) is 41.0 Å². The van der Waals surface area contributed by atoms with Gasteiger partial charge in [-0.2, -0.15) is 0 Å². The van der Waals surface area contributed by atoms with Crippen LogP contribution in [-0.4, -0.2) is 24.3 Å². The smallest absolute Gasteiger partial charge is 0.226 e. The van der Waals surface area contributed by atoms with Gasteiger partial charge in [0.05, 0.1) is 0 Å². The summed E-state index contributed by atoms with van der Waals surface area (Å²) < 4.78 is 0. The average molecular weight is 333 g/mol. The Labute approximate surface area is 143 Å². The van der Waals surface area contributed by atoms with Crippen molar-refractivity contribution in [3.8, 4) is 0 Å². The molecule has 6 heteroatoms. The van der Waals surface area contributed by atoms with Crippen molar-refractivity contribution in [2.75, 3.05) is 17.2 Å². The number of carbonyl (C=O) groups is 3. The first-order valence-corrected chi connectivity index (χ1v) is 8.08. The Balaban J connectivity index is 2.42. The molecule has 0 saturated carbocycles. The molecule has 0 aromatic heterocycles. The first-order valence-electron chi connectivity index (χ1n) is 8.08. The highest BCUT2D eigenvalue weighted by Crippen LogP contribution is 2.15. The Bertz CT molecular complexity index is 587. The van der Waals surface area contributed by atoms with E-state index in [-0.39, 0.29) is 30.1 Å². The summed E-state index contributed by atoms with van der Waals surface area (Å²) in [6.07, 6.45) is 0.202. The molecule has 0 saturated heterocycles. The summed E-state index contributed by atoms with van der Waals surface area (Å²) in [6.45, 7) is 9.40. The van der Waals surface area contributed by atoms with Crippen molar-refractivity contribution >= 4 is 29.1 Å². The molecule has 24 heavy (non-hydrogen) atoms. The van der Waals surface area contributed by atoms with Crippen molar-refractivity contribution in [2.24, 2.45) is 11.3 Å². The van der Waals surface area contributed by atoms with E-state index in [2.05, 4.69) is 16.0 Å². The SMILES string of the molecule is CC(C)C(=O)Nc1ccc(NC(=O)CCNC(=O)C(C)(C)C)cc1. The van der Waals surface area contributed by atoms with Crippen LogP contribution >= 0.6 is 0 Å². The molecule has 1 aromatic carbocycles. The highest BCUT2D eigenvalue weighted by Gasteiger charge is 2.20. The fourth-order valence-corrected chi connectivity index (χ4v) is 1.70. The molecule has 0 heterocycles. The van der Waals surface area contributed by atoms with E-state index in [4.69, 9.17) is 0 Å². The van der Waals surface area contributed by atoms with Crippen molar-refractivity contribution in [1.82, 2.24) is 5.32 Å². The van der Waals surface area contributed by atoms with Gasteiger partial charge in [0.15, 0.2) is 0 Å². The maximum atomic E-state index is 11.9. The standard InChI is InChI=1S/C18H27N3O3/c1-12(2)16(23)21-14-8-6-13(7-9-14)20-15(22)10-11-19-17(24)18(3,4)5/h6-9,12H,10-11H2,1-5H3,(H,19,24)(H,20,22)(H,21,23). The fraction of sp³-hybridized carbons (Fsp3) is 0.500. The molecule has 0 spiro atoms. The molecule has 0 bridgehead atoms. The topological polar surface area (TPSA) is 87.3 Å². The molecule has 3 N–H and O–H groups in total. The number of amides is 3. The molecule has 3 amide bonds. The molecule has 1 rings (SSSR count). The molecule has 0 unspecified atom stereocenters. The van der Waals surface area contributed by atoms with E-state index in [1.54, 1.807) is 24.3 Å². The lowest BCUT2D eigenvalue weighted by Crippen LogP contribution is -2.36. The van der Waals surface area contributed by atoms with Crippen molar-refractivity contribution in [3.63, 3.8) is 0 Å². The third-order valence-corrected chi connectivity index (χ3v) is 3.28. The van der Waals surface area contributed by atoms with Gasteiger partial charge in [0.1, 0.15) is 0 Å². The van der Waals surface area contributed by atoms with E-state index >= 15 is 0 Å². The summed E-state index contributed by atoms with van der Waals surface area (Å²) in [4.78, 5) is 35.2. The molecular formula is C18H27N3O3. The minimum atomic E-state index is -0.466. The Morgan fingerprint density at radius 2 is 1.46 bits per heavy atom. The normalized spacial score (nSPS) is 11.1. The fourth-order valence-electron chi connectivity index (χ4n) is 1.70. The number of nitrogens with one attached hydrogen (secondary N) is 3. The van der Waals surface area contributed by atoms with Gasteiger partial charge in [-0.25, -0.2) is 0 Å². The highest BCUT2D eigenvalue weighted by atomic mass is 16.2. The Morgan fingerprint density at radius 3 is 1.92 bits per heavy atom. The largest absolute Gasteiger partial charge is 0.355 e. The van der Waals surface area contributed by atoms with Crippen LogP contribution in [0.2, 0.25) is 0 Å². The zero-order chi connectivity index (χ0) is 18.3. The highest BCUT2D eigenvalue weighted by molar-refractivity contribution is 5.93. The predicted octanol–water partition coefficient (Wildman–Crippen LogP) is 2.77. The molecule has 0 radical (unpaired) electrons. The van der Waals surface area contributed by atoms with Gasteiger partial charge < -0.3 is 16.0 Å². The van der Waals surface area contributed by atoms with Crippen molar-refractivity contribution < 1.29 is 14.4 Å². The third-order valence-electron chi connectivity index (χ3n) is 3.28. The second kappa shape index (κ2) is 8.47. The molecular weight excluding hydrogens is 306 g/mol. The molecule has 132 valence electrons. The summed E-state index contributed by atoms with van der Waals surface area (Å²) in [5, 5.41) is 8.27. The zero-order valence-electron chi connectivity index (χ0n) is 15.0. The first-order chi connectivity index (χ1) is 11.1. The number of anilines is 2. The van der Waals surface area contributed by atoms with Gasteiger partial charge in [-0.15, -0.1) is 0 Å². The summed E-state index contributed by atoms with van der Waals surface area (Å²) in [5.41, 5.74) is 0.862. The van der Waals surface area contributed by atoms with Gasteiger partial charge in [-0.05, 0) is 24.3 Å². The Kier molecular flexibility index (Phi) is 6.95. The van der Waals surface area contributed by atoms with E-state index in [1.165, 1.54) is 0 Å². The van der Waals surface area contributed by atoms with Crippen LogP contribution in [0.4, 0.5) is 11.4 Å². The zero-order valence-corrected chi connectivity index (χ0v) is 15.0. The lowest BCUT2D eigenvalue weighted by molar-refractivity contribution is -0.128. The number of carbonyl (C=O) groups excluding carboxylic acids is 3. The molecule has 1 aromatic rings. The van der Waals surface area contributed by atoms with E-state index in [0.717, 1.165) is 0 Å². The van der Waals surface area contributed by atoms with Crippen molar-refractivity contribution in [3.05, 3.63) is 24.3 Å². The monoisotopic (exact) mass is 333 g/mol. The van der Waals surface area contributed by atoms with E-state index in [9.17, 15) is 14.4 Å². The summed E-state index contributed by atoms with van der Waals surface area (Å²) in [5.74, 6) is -0.405. The van der Waals surface area contributed by atoms with Crippen LogP contribution < -0.4 is 16.0 Å². The van der Waals surface area contributed by atoms with Crippen LogP contribution in [-0.2, 0) is 14.4 Å². The van der Waals surface area contributed by atoms with Crippen LogP contribution in [0.15, 0.2) is 24.3 Å². The quantitative estimate of drug-likeness (QED) is 0.748. The van der Waals surface area contributed by atoms with E-state index in [1.807, 2.05) is 34.6 Å². The number of hydrogen-bond acceptors (Lipinski definition) is 3. The van der Waals surface area contributed by atoms with Gasteiger partial charge in [-0.1, -0.05) is 34.6 Å². The molecule has 0 fully saturated rings. The molecule has 6 nitrogen and oxygen atoms in total. The van der Waals surface area contributed by atoms with Gasteiger partial charge in [-0.3, -0.25) is 14.4 Å². The van der Waals surface area contributed by atoms with Gasteiger partial charge >= 0.3 is 0 Å². The van der Waals surface area contributed by atoms with Gasteiger partial charge in [0, 0.05) is 35.7 Å². The second-order valence-corrected chi connectivity index (χ2v) is 7.03. The summed E-state index contributed by atoms with van der Waals surface area (Å²) >= 11 is 0. The van der Waals surface area contributed by atoms with Crippen LogP contribution in [0.3, 0.4) is 0 Å². The maximum Gasteiger partial charge on any atom is 0.226 e. The lowest BCUT2D eigenvalue weighted by Gasteiger charge is -2.17. The van der Waals surface area contributed by atoms with Gasteiger partial charge in [0.2, 0.25) is 17.7 Å². The van der Waals surface area contributed by atoms with Crippen molar-refractivity contribution in [1.29, 1.82) is 0 Å². The molecule has 0 atom stereocenters. The maximum absolute atomic E-state index is 11.9. The number of benzene rings is 1. The van der Waals surface area contributed by atoms with E-state index in [0.29, 0.717) is 17.9 Å². The Hall–Kier alpha value is -2.37. The average Bonchev–Trinajstić information content (AvgIpc) is 2.48. The second-order valence-electron chi connectivity index (χ2n) is 7.03. The van der Waals surface area contributed by atoms with Crippen LogP contribution in [0.5, 0.6) is 0 Å².